The van der Waals surface area contributed by atoms with Gasteiger partial charge in [-0.05, 0) is 23.8 Å². The molecule has 1 aromatic rings. The van der Waals surface area contributed by atoms with Crippen LogP contribution >= 0.6 is 11.3 Å². The number of thiophene rings is 1. The molecular formula is C13H17NO3S. The predicted octanol–water partition coefficient (Wildman–Crippen LogP) is 2.32. The van der Waals surface area contributed by atoms with E-state index in [0.717, 1.165) is 0 Å². The summed E-state index contributed by atoms with van der Waals surface area (Å²) in [6.45, 7) is 4.67. The van der Waals surface area contributed by atoms with Gasteiger partial charge in [-0.1, -0.05) is 19.9 Å². The lowest BCUT2D eigenvalue weighted by Crippen LogP contribution is -2.40. The first kappa shape index (κ1) is 13.1. The van der Waals surface area contributed by atoms with Crippen molar-refractivity contribution in [1.29, 1.82) is 0 Å². The molecule has 0 aromatic carbocycles. The molecule has 18 heavy (non-hydrogen) atoms. The summed E-state index contributed by atoms with van der Waals surface area (Å²) in [5.74, 6) is -0.816. The van der Waals surface area contributed by atoms with Gasteiger partial charge in [-0.15, -0.1) is 11.3 Å². The summed E-state index contributed by atoms with van der Waals surface area (Å²) in [7, 11) is 0. The van der Waals surface area contributed by atoms with Crippen molar-refractivity contribution in [2.24, 2.45) is 11.3 Å². The number of likely N-dealkylation sites (tertiary alicyclic amines) is 1. The van der Waals surface area contributed by atoms with Gasteiger partial charge in [0.25, 0.3) is 5.91 Å². The summed E-state index contributed by atoms with van der Waals surface area (Å²) >= 11 is 1.40. The molecule has 4 nitrogen and oxygen atoms in total. The Morgan fingerprint density at radius 1 is 1.50 bits per heavy atom. The van der Waals surface area contributed by atoms with Crippen LogP contribution in [0.3, 0.4) is 0 Å². The van der Waals surface area contributed by atoms with Gasteiger partial charge in [0.05, 0.1) is 10.3 Å². The van der Waals surface area contributed by atoms with E-state index in [1.54, 1.807) is 11.0 Å². The van der Waals surface area contributed by atoms with Crippen molar-refractivity contribution in [1.82, 2.24) is 4.90 Å². The van der Waals surface area contributed by atoms with E-state index in [0.29, 0.717) is 24.4 Å². The van der Waals surface area contributed by atoms with Crippen LogP contribution in [0.25, 0.3) is 0 Å². The number of carboxylic acid groups (broad SMARTS) is 1. The zero-order valence-corrected chi connectivity index (χ0v) is 11.4. The van der Waals surface area contributed by atoms with E-state index in [4.69, 9.17) is 0 Å². The van der Waals surface area contributed by atoms with Gasteiger partial charge in [-0.25, -0.2) is 0 Å². The topological polar surface area (TPSA) is 57.6 Å². The summed E-state index contributed by atoms with van der Waals surface area (Å²) in [5, 5.41) is 11.3. The minimum atomic E-state index is -0.793. The highest BCUT2D eigenvalue weighted by molar-refractivity contribution is 7.12. The highest BCUT2D eigenvalue weighted by Crippen LogP contribution is 2.38. The van der Waals surface area contributed by atoms with E-state index < -0.39 is 11.4 Å². The van der Waals surface area contributed by atoms with Crippen LogP contribution in [-0.2, 0) is 4.79 Å². The maximum absolute atomic E-state index is 12.2. The van der Waals surface area contributed by atoms with Crippen molar-refractivity contribution in [2.45, 2.75) is 20.3 Å². The highest BCUT2D eigenvalue weighted by Gasteiger charge is 2.48. The molecule has 1 aliphatic rings. The number of carbonyl (C=O) groups is 2. The molecule has 1 amide bonds. The second kappa shape index (κ2) is 4.72. The van der Waals surface area contributed by atoms with Gasteiger partial charge in [-0.2, -0.15) is 0 Å². The van der Waals surface area contributed by atoms with Gasteiger partial charge >= 0.3 is 5.97 Å². The highest BCUT2D eigenvalue weighted by atomic mass is 32.1. The molecule has 1 N–H and O–H groups in total. The second-order valence-electron chi connectivity index (χ2n) is 5.07. The number of carboxylic acids is 1. The van der Waals surface area contributed by atoms with Gasteiger partial charge in [0, 0.05) is 13.1 Å². The van der Waals surface area contributed by atoms with E-state index in [-0.39, 0.29) is 11.8 Å². The Kier molecular flexibility index (Phi) is 3.43. The van der Waals surface area contributed by atoms with Crippen LogP contribution in [0.4, 0.5) is 0 Å². The molecule has 0 bridgehead atoms. The van der Waals surface area contributed by atoms with Crippen LogP contribution in [0.5, 0.6) is 0 Å². The van der Waals surface area contributed by atoms with E-state index >= 15 is 0 Å². The normalized spacial score (nSPS) is 23.6. The number of amides is 1. The van der Waals surface area contributed by atoms with Gasteiger partial charge in [0.15, 0.2) is 0 Å². The number of hydrogen-bond donors (Lipinski definition) is 1. The molecule has 1 atom stereocenters. The average molecular weight is 267 g/mol. The van der Waals surface area contributed by atoms with Crippen LogP contribution in [-0.4, -0.2) is 35.0 Å². The third kappa shape index (κ3) is 2.03. The van der Waals surface area contributed by atoms with E-state index in [9.17, 15) is 14.7 Å². The summed E-state index contributed by atoms with van der Waals surface area (Å²) in [6, 6.07) is 3.62. The van der Waals surface area contributed by atoms with Gasteiger partial charge in [0.2, 0.25) is 0 Å². The van der Waals surface area contributed by atoms with Crippen molar-refractivity contribution < 1.29 is 14.7 Å². The number of carbonyl (C=O) groups excluding carboxylic acids is 1. The molecule has 1 aliphatic heterocycles. The molecule has 0 spiro atoms. The van der Waals surface area contributed by atoms with Crippen LogP contribution in [0.2, 0.25) is 0 Å². The summed E-state index contributed by atoms with van der Waals surface area (Å²) in [4.78, 5) is 26.0. The molecule has 98 valence electrons. The fourth-order valence-electron chi connectivity index (χ4n) is 2.46. The van der Waals surface area contributed by atoms with E-state index in [1.165, 1.54) is 11.3 Å². The Bertz CT molecular complexity index is 455. The molecule has 2 rings (SSSR count). The molecule has 1 unspecified atom stereocenters. The number of hydrogen-bond acceptors (Lipinski definition) is 3. The lowest BCUT2D eigenvalue weighted by Gasteiger charge is -2.28. The van der Waals surface area contributed by atoms with Crippen molar-refractivity contribution in [3.63, 3.8) is 0 Å². The predicted molar refractivity (Wildman–Crippen MR) is 69.7 cm³/mol. The van der Waals surface area contributed by atoms with Gasteiger partial charge in [0.1, 0.15) is 0 Å². The summed E-state index contributed by atoms with van der Waals surface area (Å²) < 4.78 is 0. The quantitative estimate of drug-likeness (QED) is 0.914. The maximum atomic E-state index is 12.2. The Hall–Kier alpha value is -1.36. The van der Waals surface area contributed by atoms with Gasteiger partial charge in [-0.3, -0.25) is 9.59 Å². The SMILES string of the molecule is CC(C)C1(C(=O)O)CCN(C(=O)c2cccs2)C1. The molecular weight excluding hydrogens is 250 g/mol. The third-order valence-electron chi connectivity index (χ3n) is 3.85. The molecule has 5 heteroatoms. The molecule has 1 saturated heterocycles. The number of rotatable bonds is 3. The Labute approximate surface area is 110 Å². The van der Waals surface area contributed by atoms with Gasteiger partial charge < -0.3 is 10.0 Å². The first-order chi connectivity index (χ1) is 8.47. The van der Waals surface area contributed by atoms with Crippen molar-refractivity contribution in [2.75, 3.05) is 13.1 Å². The molecule has 2 heterocycles. The van der Waals surface area contributed by atoms with E-state index in [2.05, 4.69) is 0 Å². The molecule has 1 fully saturated rings. The fourth-order valence-corrected chi connectivity index (χ4v) is 3.15. The zero-order chi connectivity index (χ0) is 13.3. The Morgan fingerprint density at radius 3 is 2.67 bits per heavy atom. The van der Waals surface area contributed by atoms with Crippen LogP contribution in [0, 0.1) is 11.3 Å². The van der Waals surface area contributed by atoms with Crippen LogP contribution in [0.1, 0.15) is 29.9 Å². The molecule has 0 aliphatic carbocycles. The molecule has 0 radical (unpaired) electrons. The zero-order valence-electron chi connectivity index (χ0n) is 10.5. The Balaban J connectivity index is 2.17. The maximum Gasteiger partial charge on any atom is 0.311 e. The smallest absolute Gasteiger partial charge is 0.311 e. The second-order valence-corrected chi connectivity index (χ2v) is 6.02. The van der Waals surface area contributed by atoms with Crippen LogP contribution < -0.4 is 0 Å². The minimum absolute atomic E-state index is 0.0242. The lowest BCUT2D eigenvalue weighted by molar-refractivity contribution is -0.150. The van der Waals surface area contributed by atoms with Crippen molar-refractivity contribution in [3.8, 4) is 0 Å². The first-order valence-corrected chi connectivity index (χ1v) is 6.91. The van der Waals surface area contributed by atoms with Crippen molar-refractivity contribution in [3.05, 3.63) is 22.4 Å². The summed E-state index contributed by atoms with van der Waals surface area (Å²) in [6.07, 6.45) is 0.539. The largest absolute Gasteiger partial charge is 0.481 e. The van der Waals surface area contributed by atoms with Crippen LogP contribution in [0.15, 0.2) is 17.5 Å². The van der Waals surface area contributed by atoms with E-state index in [1.807, 2.05) is 25.3 Å². The monoisotopic (exact) mass is 267 g/mol. The standard InChI is InChI=1S/C13H17NO3S/c1-9(2)13(12(16)17)5-6-14(8-13)11(15)10-4-3-7-18-10/h3-4,7,9H,5-6,8H2,1-2H3,(H,16,17). The fraction of sp³-hybridized carbons (Fsp3) is 0.538. The first-order valence-electron chi connectivity index (χ1n) is 6.03. The number of aliphatic carboxylic acids is 1. The molecule has 1 aromatic heterocycles. The lowest BCUT2D eigenvalue weighted by atomic mass is 9.76. The molecule has 0 saturated carbocycles. The van der Waals surface area contributed by atoms with Crippen molar-refractivity contribution >= 4 is 23.2 Å². The minimum Gasteiger partial charge on any atom is -0.481 e. The Morgan fingerprint density at radius 2 is 2.22 bits per heavy atom. The summed E-state index contributed by atoms with van der Waals surface area (Å²) in [5.41, 5.74) is -0.785. The number of nitrogens with zero attached hydrogens (tertiary/aromatic N) is 1. The average Bonchev–Trinajstić information content (AvgIpc) is 2.98. The third-order valence-corrected chi connectivity index (χ3v) is 4.71.